The molecule has 0 saturated carbocycles. The van der Waals surface area contributed by atoms with E-state index in [1.165, 1.54) is 17.8 Å². The minimum atomic E-state index is -3.74. The molecular formula is C12H15NO4S2. The quantitative estimate of drug-likeness (QED) is 0.907. The molecule has 1 aromatic rings. The maximum absolute atomic E-state index is 12.5. The van der Waals surface area contributed by atoms with E-state index in [-0.39, 0.29) is 11.4 Å². The lowest BCUT2D eigenvalue weighted by Crippen LogP contribution is -2.50. The number of nitrogens with zero attached hydrogens (tertiary/aromatic N) is 1. The normalized spacial score (nSPS) is 21.2. The molecule has 7 heteroatoms. The number of hydrogen-bond donors (Lipinski definition) is 1. The predicted octanol–water partition coefficient (Wildman–Crippen LogP) is 1.19. The van der Waals surface area contributed by atoms with Crippen LogP contribution < -0.4 is 0 Å². The maximum Gasteiger partial charge on any atom is 0.322 e. The molecule has 1 atom stereocenters. The summed E-state index contributed by atoms with van der Waals surface area (Å²) < 4.78 is 26.1. The van der Waals surface area contributed by atoms with Gasteiger partial charge in [-0.15, -0.1) is 0 Å². The molecule has 0 aromatic heterocycles. The second kappa shape index (κ2) is 5.52. The number of hydrogen-bond acceptors (Lipinski definition) is 4. The lowest BCUT2D eigenvalue weighted by molar-refractivity contribution is -0.140. The fraction of sp³-hybridized carbons (Fsp3) is 0.417. The molecule has 19 heavy (non-hydrogen) atoms. The van der Waals surface area contributed by atoms with Crippen LogP contribution in [0.15, 0.2) is 29.2 Å². The number of aryl methyl sites for hydroxylation is 1. The molecule has 2 rings (SSSR count). The van der Waals surface area contributed by atoms with Gasteiger partial charge in [0, 0.05) is 18.1 Å². The zero-order chi connectivity index (χ0) is 14.0. The first-order valence-electron chi connectivity index (χ1n) is 5.82. The molecule has 1 aromatic carbocycles. The molecule has 0 amide bonds. The second-order valence-electron chi connectivity index (χ2n) is 4.36. The Morgan fingerprint density at radius 1 is 1.47 bits per heavy atom. The van der Waals surface area contributed by atoms with Crippen LogP contribution in [0.1, 0.15) is 5.56 Å². The number of aliphatic carboxylic acids is 1. The van der Waals surface area contributed by atoms with Crippen LogP contribution in [0, 0.1) is 6.92 Å². The van der Waals surface area contributed by atoms with E-state index in [4.69, 9.17) is 5.11 Å². The van der Waals surface area contributed by atoms with Crippen molar-refractivity contribution in [2.24, 2.45) is 0 Å². The lowest BCUT2D eigenvalue weighted by Gasteiger charge is -2.31. The summed E-state index contributed by atoms with van der Waals surface area (Å²) in [5.74, 6) is -0.182. The highest BCUT2D eigenvalue weighted by Gasteiger charge is 2.37. The van der Waals surface area contributed by atoms with E-state index in [1.807, 2.05) is 0 Å². The summed E-state index contributed by atoms with van der Waals surface area (Å²) in [5.41, 5.74) is 0.833. The van der Waals surface area contributed by atoms with E-state index in [9.17, 15) is 13.2 Å². The fourth-order valence-electron chi connectivity index (χ4n) is 1.98. The molecule has 0 radical (unpaired) electrons. The monoisotopic (exact) mass is 301 g/mol. The number of benzene rings is 1. The van der Waals surface area contributed by atoms with Gasteiger partial charge < -0.3 is 5.11 Å². The van der Waals surface area contributed by atoms with Crippen molar-refractivity contribution in [3.8, 4) is 0 Å². The average molecular weight is 301 g/mol. The predicted molar refractivity (Wildman–Crippen MR) is 73.8 cm³/mol. The highest BCUT2D eigenvalue weighted by atomic mass is 32.2. The molecule has 1 saturated heterocycles. The number of carbonyl (C=O) groups is 1. The second-order valence-corrected chi connectivity index (χ2v) is 7.40. The van der Waals surface area contributed by atoms with E-state index >= 15 is 0 Å². The van der Waals surface area contributed by atoms with Gasteiger partial charge in [-0.05, 0) is 24.6 Å². The summed E-state index contributed by atoms with van der Waals surface area (Å²) in [6.45, 7) is 2.04. The molecule has 1 aliphatic rings. The van der Waals surface area contributed by atoms with Crippen LogP contribution >= 0.6 is 11.8 Å². The van der Waals surface area contributed by atoms with E-state index < -0.39 is 22.0 Å². The number of carboxylic acids is 1. The summed E-state index contributed by atoms with van der Waals surface area (Å²) in [6, 6.07) is 5.55. The molecule has 0 bridgehead atoms. The summed E-state index contributed by atoms with van der Waals surface area (Å²) >= 11 is 1.46. The highest BCUT2D eigenvalue weighted by molar-refractivity contribution is 7.99. The van der Waals surface area contributed by atoms with Crippen molar-refractivity contribution in [1.82, 2.24) is 4.31 Å². The third-order valence-corrected chi connectivity index (χ3v) is 5.89. The third kappa shape index (κ3) is 2.93. The van der Waals surface area contributed by atoms with E-state index in [0.29, 0.717) is 11.5 Å². The molecular weight excluding hydrogens is 286 g/mol. The Bertz CT molecular complexity index is 585. The number of thioether (sulfide) groups is 1. The molecule has 1 unspecified atom stereocenters. The lowest BCUT2D eigenvalue weighted by atomic mass is 10.2. The van der Waals surface area contributed by atoms with E-state index in [1.54, 1.807) is 25.1 Å². The molecule has 1 fully saturated rings. The first kappa shape index (κ1) is 14.4. The summed E-state index contributed by atoms with van der Waals surface area (Å²) in [7, 11) is -3.74. The Kier molecular flexibility index (Phi) is 4.17. The standard InChI is InChI=1S/C12H15NO4S2/c1-9-3-2-4-10(7-9)19(16,17)13-5-6-18-8-11(13)12(14)15/h2-4,7,11H,5-6,8H2,1H3,(H,14,15). The van der Waals surface area contributed by atoms with Crippen molar-refractivity contribution in [2.45, 2.75) is 17.9 Å². The zero-order valence-corrected chi connectivity index (χ0v) is 12.1. The van der Waals surface area contributed by atoms with Crippen molar-refractivity contribution >= 4 is 27.8 Å². The summed E-state index contributed by atoms with van der Waals surface area (Å²) in [6.07, 6.45) is 0. The van der Waals surface area contributed by atoms with Gasteiger partial charge in [0.15, 0.2) is 0 Å². The Hall–Kier alpha value is -1.05. The van der Waals surface area contributed by atoms with Crippen molar-refractivity contribution in [3.05, 3.63) is 29.8 Å². The van der Waals surface area contributed by atoms with Gasteiger partial charge in [-0.25, -0.2) is 8.42 Å². The van der Waals surface area contributed by atoms with Gasteiger partial charge in [0.25, 0.3) is 0 Å². The average Bonchev–Trinajstić information content (AvgIpc) is 2.38. The van der Waals surface area contributed by atoms with Gasteiger partial charge in [0.1, 0.15) is 6.04 Å². The topological polar surface area (TPSA) is 74.7 Å². The smallest absolute Gasteiger partial charge is 0.322 e. The minimum Gasteiger partial charge on any atom is -0.480 e. The molecule has 1 heterocycles. The van der Waals surface area contributed by atoms with Crippen molar-refractivity contribution < 1.29 is 18.3 Å². The van der Waals surface area contributed by atoms with Crippen LogP contribution in [-0.2, 0) is 14.8 Å². The zero-order valence-electron chi connectivity index (χ0n) is 10.4. The fourth-order valence-corrected chi connectivity index (χ4v) is 4.92. The van der Waals surface area contributed by atoms with Gasteiger partial charge in [-0.2, -0.15) is 16.1 Å². The Labute approximate surface area is 116 Å². The number of rotatable bonds is 3. The van der Waals surface area contributed by atoms with Gasteiger partial charge in [0.05, 0.1) is 4.90 Å². The number of sulfonamides is 1. The Morgan fingerprint density at radius 3 is 2.84 bits per heavy atom. The largest absolute Gasteiger partial charge is 0.480 e. The van der Waals surface area contributed by atoms with E-state index in [0.717, 1.165) is 9.87 Å². The molecule has 104 valence electrons. The van der Waals surface area contributed by atoms with Crippen LogP contribution in [0.5, 0.6) is 0 Å². The maximum atomic E-state index is 12.5. The van der Waals surface area contributed by atoms with Gasteiger partial charge in [-0.3, -0.25) is 4.79 Å². The van der Waals surface area contributed by atoms with Crippen LogP contribution in [0.3, 0.4) is 0 Å². The van der Waals surface area contributed by atoms with Crippen LogP contribution in [0.25, 0.3) is 0 Å². The molecule has 1 N–H and O–H groups in total. The van der Waals surface area contributed by atoms with E-state index in [2.05, 4.69) is 0 Å². The van der Waals surface area contributed by atoms with Crippen LogP contribution in [0.2, 0.25) is 0 Å². The first-order chi connectivity index (χ1) is 8.93. The van der Waals surface area contributed by atoms with Gasteiger partial charge >= 0.3 is 5.97 Å². The van der Waals surface area contributed by atoms with Crippen molar-refractivity contribution in [1.29, 1.82) is 0 Å². The van der Waals surface area contributed by atoms with Crippen LogP contribution in [0.4, 0.5) is 0 Å². The van der Waals surface area contributed by atoms with Crippen molar-refractivity contribution in [2.75, 3.05) is 18.1 Å². The van der Waals surface area contributed by atoms with Crippen LogP contribution in [-0.4, -0.2) is 47.9 Å². The SMILES string of the molecule is Cc1cccc(S(=O)(=O)N2CCSCC2C(=O)O)c1. The Morgan fingerprint density at radius 2 is 2.21 bits per heavy atom. The van der Waals surface area contributed by atoms with Crippen molar-refractivity contribution in [3.63, 3.8) is 0 Å². The first-order valence-corrected chi connectivity index (χ1v) is 8.41. The van der Waals surface area contributed by atoms with Gasteiger partial charge in [0.2, 0.25) is 10.0 Å². The molecule has 5 nitrogen and oxygen atoms in total. The number of carboxylic acid groups (broad SMARTS) is 1. The Balaban J connectivity index is 2.40. The minimum absolute atomic E-state index is 0.158. The highest BCUT2D eigenvalue weighted by Crippen LogP contribution is 2.25. The summed E-state index contributed by atoms with van der Waals surface area (Å²) in [5, 5.41) is 9.15. The third-order valence-electron chi connectivity index (χ3n) is 2.96. The van der Waals surface area contributed by atoms with Gasteiger partial charge in [-0.1, -0.05) is 12.1 Å². The summed E-state index contributed by atoms with van der Waals surface area (Å²) in [4.78, 5) is 11.3. The molecule has 1 aliphatic heterocycles. The molecule has 0 spiro atoms. The molecule has 0 aliphatic carbocycles.